The molecular formula is C58H69ClF3N5O8S3. The van der Waals surface area contributed by atoms with E-state index in [1.54, 1.807) is 12.1 Å². The number of carbonyl (C=O) groups excluding carboxylic acids is 2. The SMILES string of the molecule is COC(=O)CCCCCN1CCC2(CC1)CCN(CC[C@H](CSc1ccccc1)Nc1ccc(S(=O)(=O)NC(=O)c3ccc(N4CCC([C@@H](O)c5ccccc5-c5ccc(Cl)cc5)CC4)cc3)cc1S(=O)(=O)C(F)(F)F)CC2. The number of hydrogen-bond acceptors (Lipinski definition) is 13. The minimum absolute atomic E-state index is 0.0237. The lowest BCUT2D eigenvalue weighted by molar-refractivity contribution is -0.140. The molecule has 0 bridgehead atoms. The number of hydrogen-bond donors (Lipinski definition) is 3. The molecule has 0 unspecified atom stereocenters. The largest absolute Gasteiger partial charge is 0.501 e. The zero-order valence-corrected chi connectivity index (χ0v) is 47.0. The lowest BCUT2D eigenvalue weighted by Gasteiger charge is -2.47. The lowest BCUT2D eigenvalue weighted by Crippen LogP contribution is -2.47. The summed E-state index contributed by atoms with van der Waals surface area (Å²) in [5, 5.41) is 15.3. The van der Waals surface area contributed by atoms with Crippen LogP contribution in [0, 0.1) is 11.3 Å². The smallest absolute Gasteiger partial charge is 0.469 e. The molecule has 3 N–H and O–H groups in total. The number of sulfonamides is 1. The second-order valence-corrected chi connectivity index (χ2v) is 25.9. The Morgan fingerprint density at radius 2 is 1.41 bits per heavy atom. The molecule has 3 fully saturated rings. The van der Waals surface area contributed by atoms with Crippen LogP contribution in [0.4, 0.5) is 24.5 Å². The van der Waals surface area contributed by atoms with Gasteiger partial charge in [-0.3, -0.25) is 9.59 Å². The van der Waals surface area contributed by atoms with Gasteiger partial charge in [0.25, 0.3) is 25.8 Å². The number of nitrogens with one attached hydrogen (secondary N) is 2. The minimum Gasteiger partial charge on any atom is -0.469 e. The summed E-state index contributed by atoms with van der Waals surface area (Å²) in [5.74, 6) is -0.892. The number of methoxy groups -OCH3 is 1. The van der Waals surface area contributed by atoms with Crippen LogP contribution in [0.1, 0.15) is 92.7 Å². The van der Waals surface area contributed by atoms with Gasteiger partial charge in [0.1, 0.15) is 4.90 Å². The number of halogens is 4. The van der Waals surface area contributed by atoms with Crippen LogP contribution >= 0.6 is 23.4 Å². The van der Waals surface area contributed by atoms with Crippen molar-refractivity contribution in [3.05, 3.63) is 137 Å². The first-order chi connectivity index (χ1) is 37.3. The molecule has 5 aromatic carbocycles. The van der Waals surface area contributed by atoms with Gasteiger partial charge in [0.15, 0.2) is 0 Å². The summed E-state index contributed by atoms with van der Waals surface area (Å²) >= 11 is 7.59. The number of carbonyl (C=O) groups is 2. The summed E-state index contributed by atoms with van der Waals surface area (Å²) in [4.78, 5) is 30.7. The second-order valence-electron chi connectivity index (χ2n) is 20.8. The van der Waals surface area contributed by atoms with E-state index in [2.05, 4.69) is 20.0 Å². The predicted molar refractivity (Wildman–Crippen MR) is 301 cm³/mol. The summed E-state index contributed by atoms with van der Waals surface area (Å²) in [6.07, 6.45) is 8.66. The third-order valence-electron chi connectivity index (χ3n) is 15.8. The third kappa shape index (κ3) is 15.2. The Kier molecular flexibility index (Phi) is 20.0. The molecule has 1 spiro atoms. The quantitative estimate of drug-likeness (QED) is 0.0341. The molecule has 3 saturated heterocycles. The van der Waals surface area contributed by atoms with Crippen molar-refractivity contribution in [1.82, 2.24) is 14.5 Å². The molecule has 78 heavy (non-hydrogen) atoms. The number of ether oxygens (including phenoxy) is 1. The zero-order chi connectivity index (χ0) is 55.5. The van der Waals surface area contributed by atoms with Crippen molar-refractivity contribution in [2.24, 2.45) is 11.3 Å². The van der Waals surface area contributed by atoms with Crippen LogP contribution in [-0.2, 0) is 29.4 Å². The Balaban J connectivity index is 0.888. The molecule has 0 aliphatic carbocycles. The van der Waals surface area contributed by atoms with Gasteiger partial charge in [-0.2, -0.15) is 13.2 Å². The predicted octanol–water partition coefficient (Wildman–Crippen LogP) is 11.2. The number of sulfone groups is 1. The van der Waals surface area contributed by atoms with E-state index in [1.165, 1.54) is 31.0 Å². The maximum Gasteiger partial charge on any atom is 0.501 e. The summed E-state index contributed by atoms with van der Waals surface area (Å²) < 4.78 is 104. The highest BCUT2D eigenvalue weighted by Crippen LogP contribution is 2.42. The Labute approximate surface area is 466 Å². The highest BCUT2D eigenvalue weighted by atomic mass is 35.5. The Hall–Kier alpha value is -5.15. The van der Waals surface area contributed by atoms with Crippen LogP contribution in [-0.4, -0.2) is 120 Å². The van der Waals surface area contributed by atoms with Crippen LogP contribution in [0.3, 0.4) is 0 Å². The second kappa shape index (κ2) is 26.4. The van der Waals surface area contributed by atoms with Crippen LogP contribution in [0.25, 0.3) is 11.1 Å². The van der Waals surface area contributed by atoms with Gasteiger partial charge in [0.2, 0.25) is 0 Å². The number of anilines is 2. The van der Waals surface area contributed by atoms with Crippen molar-refractivity contribution < 1.29 is 49.4 Å². The number of esters is 1. The molecule has 13 nitrogen and oxygen atoms in total. The van der Waals surface area contributed by atoms with E-state index in [9.17, 15) is 44.7 Å². The fraction of sp³-hybridized carbons (Fsp3) is 0.448. The van der Waals surface area contributed by atoms with Crippen LogP contribution in [0.5, 0.6) is 0 Å². The van der Waals surface area contributed by atoms with E-state index in [0.717, 1.165) is 117 Å². The molecule has 1 amide bonds. The van der Waals surface area contributed by atoms with Gasteiger partial charge in [-0.15, -0.1) is 11.8 Å². The van der Waals surface area contributed by atoms with Gasteiger partial charge in [0, 0.05) is 59.0 Å². The number of nitrogens with zero attached hydrogens (tertiary/aromatic N) is 3. The van der Waals surface area contributed by atoms with E-state index in [1.807, 2.05) is 83.6 Å². The summed E-state index contributed by atoms with van der Waals surface area (Å²) in [5.41, 5.74) is -2.48. The number of piperidine rings is 3. The van der Waals surface area contributed by atoms with Crippen LogP contribution < -0.4 is 14.9 Å². The van der Waals surface area contributed by atoms with Crippen molar-refractivity contribution in [3.63, 3.8) is 0 Å². The number of rotatable bonds is 22. The van der Waals surface area contributed by atoms with E-state index < -0.39 is 58.9 Å². The Morgan fingerprint density at radius 1 is 0.782 bits per heavy atom. The summed E-state index contributed by atoms with van der Waals surface area (Å²) in [7, 11) is -9.59. The molecule has 3 aliphatic rings. The maximum absolute atomic E-state index is 14.4. The van der Waals surface area contributed by atoms with Crippen molar-refractivity contribution in [2.45, 2.75) is 103 Å². The number of amides is 1. The fourth-order valence-corrected chi connectivity index (χ4v) is 14.1. The fourth-order valence-electron chi connectivity index (χ4n) is 10.9. The molecule has 0 saturated carbocycles. The van der Waals surface area contributed by atoms with Crippen LogP contribution in [0.15, 0.2) is 136 Å². The molecule has 3 heterocycles. The Bertz CT molecular complexity index is 3020. The normalized spacial score (nSPS) is 17.6. The average molecular weight is 1150 g/mol. The van der Waals surface area contributed by atoms with Gasteiger partial charge in [0.05, 0.1) is 23.8 Å². The number of unbranched alkanes of at least 4 members (excludes halogenated alkanes) is 2. The van der Waals surface area contributed by atoms with E-state index in [4.69, 9.17) is 16.3 Å². The third-order valence-corrected chi connectivity index (χ3v) is 20.0. The maximum atomic E-state index is 14.4. The highest BCUT2D eigenvalue weighted by Gasteiger charge is 2.49. The van der Waals surface area contributed by atoms with Gasteiger partial charge < -0.3 is 29.9 Å². The number of aliphatic hydroxyl groups is 1. The average Bonchev–Trinajstić information content (AvgIpc) is 3.51. The van der Waals surface area contributed by atoms with E-state index in [-0.39, 0.29) is 22.9 Å². The topological polar surface area (TPSA) is 166 Å². The standard InChI is InChI=1S/C58H69ClF3N5O8S3/c1-75-54(68)14-6-3-9-32-65-36-28-57(29-37-65)30-38-66(39-31-57)33-27-46(41-76-48-10-4-2-5-11-48)63-52-24-23-49(40-53(52)77(71,72)58(60,61)62)78(73,74)64-56(70)44-17-21-47(22-18-44)67-34-25-43(26-35-67)55(69)51-13-8-7-12-50(51)42-15-19-45(59)20-16-42/h2,4-5,7-8,10-13,15-24,40,43,46,55,63,69H,3,6,9,14,25-39,41H2,1H3,(H,64,70)/t46-,55-/m1/s1. The molecular weight excluding hydrogens is 1080 g/mol. The number of alkyl halides is 3. The number of aliphatic hydroxyl groups excluding tert-OH is 1. The minimum atomic E-state index is -6.10. The molecule has 5 aromatic rings. The van der Waals surface area contributed by atoms with E-state index in [0.29, 0.717) is 62.2 Å². The van der Waals surface area contributed by atoms with Gasteiger partial charge in [-0.05, 0) is 185 Å². The Morgan fingerprint density at radius 3 is 2.05 bits per heavy atom. The summed E-state index contributed by atoms with van der Waals surface area (Å²) in [6, 6.07) is 32.8. The van der Waals surface area contributed by atoms with Crippen molar-refractivity contribution in [2.75, 3.05) is 75.4 Å². The van der Waals surface area contributed by atoms with Crippen molar-refractivity contribution in [1.29, 1.82) is 0 Å². The van der Waals surface area contributed by atoms with E-state index >= 15 is 0 Å². The molecule has 20 heteroatoms. The van der Waals surface area contributed by atoms with Crippen LogP contribution in [0.2, 0.25) is 5.02 Å². The van der Waals surface area contributed by atoms with Gasteiger partial charge in [-0.1, -0.05) is 72.6 Å². The first-order valence-electron chi connectivity index (χ1n) is 26.7. The zero-order valence-electron chi connectivity index (χ0n) is 43.8. The number of thioether (sulfide) groups is 1. The van der Waals surface area contributed by atoms with Gasteiger partial charge in [-0.25, -0.2) is 21.6 Å². The number of benzene rings is 5. The van der Waals surface area contributed by atoms with Crippen molar-refractivity contribution in [3.8, 4) is 11.1 Å². The molecule has 0 aromatic heterocycles. The molecule has 2 atom stereocenters. The lowest BCUT2D eigenvalue weighted by atomic mass is 9.71. The number of likely N-dealkylation sites (tertiary alicyclic amines) is 2. The highest BCUT2D eigenvalue weighted by molar-refractivity contribution is 7.99. The molecule has 3 aliphatic heterocycles. The van der Waals surface area contributed by atoms with Gasteiger partial charge >= 0.3 is 11.5 Å². The first-order valence-corrected chi connectivity index (χ1v) is 31.0. The molecule has 0 radical (unpaired) electrons. The van der Waals surface area contributed by atoms with Crippen molar-refractivity contribution >= 4 is 66.5 Å². The molecule has 8 rings (SSSR count). The molecule has 420 valence electrons. The summed E-state index contributed by atoms with van der Waals surface area (Å²) in [6.45, 7) is 6.60. The monoisotopic (exact) mass is 1150 g/mol. The first kappa shape index (κ1) is 59.0.